The lowest BCUT2D eigenvalue weighted by atomic mass is 10.1. The van der Waals surface area contributed by atoms with Crippen LogP contribution in [0.5, 0.6) is 0 Å². The van der Waals surface area contributed by atoms with Gasteiger partial charge >= 0.3 is 0 Å². The van der Waals surface area contributed by atoms with Crippen LogP contribution in [-0.4, -0.2) is 10.2 Å². The van der Waals surface area contributed by atoms with Gasteiger partial charge < -0.3 is 5.32 Å². The first kappa shape index (κ1) is 13.5. The molecule has 21 heavy (non-hydrogen) atoms. The third kappa shape index (κ3) is 2.71. The Morgan fingerprint density at radius 1 is 1.05 bits per heavy atom. The summed E-state index contributed by atoms with van der Waals surface area (Å²) in [5.74, 6) is 0. The number of hydrogen-bond donors (Lipinski definition) is 1. The van der Waals surface area contributed by atoms with E-state index in [-0.39, 0.29) is 0 Å². The van der Waals surface area contributed by atoms with Crippen molar-refractivity contribution >= 4 is 32.5 Å². The van der Waals surface area contributed by atoms with Gasteiger partial charge in [-0.3, -0.25) is 0 Å². The molecule has 1 aromatic heterocycles. The smallest absolute Gasteiger partial charge is 0.186 e. The molecule has 3 aromatic rings. The standard InChI is InChI=1S/C16H11BrN4/c17-13-7-3-1-5-11(13)10-19-16-12-6-2-4-8-14(12)20-21-15(16)9-18/h1-8H,10H2,(H,19,20). The minimum Gasteiger partial charge on any atom is -0.378 e. The second-order valence-electron chi connectivity index (χ2n) is 4.50. The Morgan fingerprint density at radius 3 is 2.62 bits per heavy atom. The number of halogens is 1. The van der Waals surface area contributed by atoms with Crippen molar-refractivity contribution in [2.24, 2.45) is 0 Å². The summed E-state index contributed by atoms with van der Waals surface area (Å²) in [6, 6.07) is 17.7. The summed E-state index contributed by atoms with van der Waals surface area (Å²) in [5.41, 5.74) is 2.91. The van der Waals surface area contributed by atoms with Gasteiger partial charge in [-0.25, -0.2) is 0 Å². The Kier molecular flexibility index (Phi) is 3.80. The molecule has 0 aliphatic rings. The van der Waals surface area contributed by atoms with Crippen LogP contribution in [0.15, 0.2) is 53.0 Å². The molecule has 2 aromatic carbocycles. The van der Waals surface area contributed by atoms with Gasteiger partial charge in [-0.05, 0) is 17.7 Å². The molecule has 0 radical (unpaired) electrons. The maximum Gasteiger partial charge on any atom is 0.186 e. The normalized spacial score (nSPS) is 10.3. The summed E-state index contributed by atoms with van der Waals surface area (Å²) in [7, 11) is 0. The zero-order valence-electron chi connectivity index (χ0n) is 11.0. The first-order valence-electron chi connectivity index (χ1n) is 6.42. The first-order chi connectivity index (χ1) is 10.3. The third-order valence-electron chi connectivity index (χ3n) is 3.19. The van der Waals surface area contributed by atoms with Gasteiger partial charge in [-0.15, -0.1) is 10.2 Å². The fourth-order valence-electron chi connectivity index (χ4n) is 2.14. The largest absolute Gasteiger partial charge is 0.378 e. The van der Waals surface area contributed by atoms with Crippen molar-refractivity contribution in [1.29, 1.82) is 5.26 Å². The molecule has 3 rings (SSSR count). The maximum absolute atomic E-state index is 9.23. The second kappa shape index (κ2) is 5.90. The van der Waals surface area contributed by atoms with Gasteiger partial charge in [0.25, 0.3) is 0 Å². The van der Waals surface area contributed by atoms with Crippen LogP contribution in [0.2, 0.25) is 0 Å². The van der Waals surface area contributed by atoms with E-state index in [1.165, 1.54) is 0 Å². The van der Waals surface area contributed by atoms with Gasteiger partial charge in [-0.2, -0.15) is 5.26 Å². The molecule has 0 fully saturated rings. The number of hydrogen-bond acceptors (Lipinski definition) is 4. The molecule has 4 nitrogen and oxygen atoms in total. The van der Waals surface area contributed by atoms with E-state index in [1.807, 2.05) is 48.5 Å². The molecule has 0 spiro atoms. The van der Waals surface area contributed by atoms with E-state index >= 15 is 0 Å². The summed E-state index contributed by atoms with van der Waals surface area (Å²) < 4.78 is 1.03. The van der Waals surface area contributed by atoms with Crippen LogP contribution in [0.25, 0.3) is 10.9 Å². The zero-order chi connectivity index (χ0) is 14.7. The average molecular weight is 339 g/mol. The molecule has 0 aliphatic heterocycles. The summed E-state index contributed by atoms with van der Waals surface area (Å²) in [6.07, 6.45) is 0. The Bertz CT molecular complexity index is 839. The van der Waals surface area contributed by atoms with Crippen molar-refractivity contribution < 1.29 is 0 Å². The van der Waals surface area contributed by atoms with Crippen LogP contribution < -0.4 is 5.32 Å². The summed E-state index contributed by atoms with van der Waals surface area (Å²) in [6.45, 7) is 0.603. The fourth-order valence-corrected chi connectivity index (χ4v) is 2.56. The van der Waals surface area contributed by atoms with Gasteiger partial charge in [0.2, 0.25) is 0 Å². The molecule has 0 saturated heterocycles. The number of anilines is 1. The summed E-state index contributed by atoms with van der Waals surface area (Å²) >= 11 is 3.52. The van der Waals surface area contributed by atoms with Crippen LogP contribution in [0.3, 0.4) is 0 Å². The van der Waals surface area contributed by atoms with E-state index in [0.717, 1.165) is 26.6 Å². The van der Waals surface area contributed by atoms with Crippen molar-refractivity contribution in [3.05, 3.63) is 64.3 Å². The molecule has 102 valence electrons. The molecular formula is C16H11BrN4. The highest BCUT2D eigenvalue weighted by Gasteiger charge is 2.10. The minimum atomic E-state index is 0.306. The van der Waals surface area contributed by atoms with Crippen LogP contribution in [0.1, 0.15) is 11.3 Å². The number of benzene rings is 2. The summed E-state index contributed by atoms with van der Waals surface area (Å²) in [4.78, 5) is 0. The molecule has 0 amide bonds. The van der Waals surface area contributed by atoms with Gasteiger partial charge in [-0.1, -0.05) is 52.3 Å². The molecule has 0 saturated carbocycles. The molecule has 0 atom stereocenters. The monoisotopic (exact) mass is 338 g/mol. The number of rotatable bonds is 3. The molecule has 0 aliphatic carbocycles. The number of nitriles is 1. The van der Waals surface area contributed by atoms with Gasteiger partial charge in [0, 0.05) is 16.4 Å². The van der Waals surface area contributed by atoms with E-state index < -0.39 is 0 Å². The van der Waals surface area contributed by atoms with Gasteiger partial charge in [0.05, 0.1) is 11.2 Å². The zero-order valence-corrected chi connectivity index (χ0v) is 12.6. The highest BCUT2D eigenvalue weighted by molar-refractivity contribution is 9.10. The SMILES string of the molecule is N#Cc1nnc2ccccc2c1NCc1ccccc1Br. The molecule has 1 N–H and O–H groups in total. The van der Waals surface area contributed by atoms with E-state index in [1.54, 1.807) is 0 Å². The average Bonchev–Trinajstić information content (AvgIpc) is 2.53. The number of fused-ring (bicyclic) bond motifs is 1. The predicted octanol–water partition coefficient (Wildman–Crippen LogP) is 3.88. The predicted molar refractivity (Wildman–Crippen MR) is 85.7 cm³/mol. The molecule has 5 heteroatoms. The Morgan fingerprint density at radius 2 is 1.81 bits per heavy atom. The number of aromatic nitrogens is 2. The van der Waals surface area contributed by atoms with Gasteiger partial charge in [0.15, 0.2) is 5.69 Å². The van der Waals surface area contributed by atoms with Crippen molar-refractivity contribution in [3.8, 4) is 6.07 Å². The molecule has 0 bridgehead atoms. The van der Waals surface area contributed by atoms with Crippen molar-refractivity contribution in [2.45, 2.75) is 6.54 Å². The van der Waals surface area contributed by atoms with E-state index in [0.29, 0.717) is 12.2 Å². The van der Waals surface area contributed by atoms with Crippen molar-refractivity contribution in [1.82, 2.24) is 10.2 Å². The minimum absolute atomic E-state index is 0.306. The Balaban J connectivity index is 2.00. The number of nitrogens with one attached hydrogen (secondary N) is 1. The highest BCUT2D eigenvalue weighted by atomic mass is 79.9. The third-order valence-corrected chi connectivity index (χ3v) is 3.96. The van der Waals surface area contributed by atoms with Gasteiger partial charge in [0.1, 0.15) is 6.07 Å². The van der Waals surface area contributed by atoms with Crippen LogP contribution in [0, 0.1) is 11.3 Å². The number of nitrogens with zero attached hydrogens (tertiary/aromatic N) is 3. The maximum atomic E-state index is 9.23. The molecular weight excluding hydrogens is 328 g/mol. The summed E-state index contributed by atoms with van der Waals surface area (Å²) in [5, 5.41) is 21.5. The Labute approximate surface area is 130 Å². The fraction of sp³-hybridized carbons (Fsp3) is 0.0625. The first-order valence-corrected chi connectivity index (χ1v) is 7.21. The lowest BCUT2D eigenvalue weighted by Crippen LogP contribution is -2.05. The van der Waals surface area contributed by atoms with Crippen molar-refractivity contribution in [2.75, 3.05) is 5.32 Å². The second-order valence-corrected chi connectivity index (χ2v) is 5.35. The highest BCUT2D eigenvalue weighted by Crippen LogP contribution is 2.25. The van der Waals surface area contributed by atoms with E-state index in [9.17, 15) is 5.26 Å². The molecule has 1 heterocycles. The molecule has 0 unspecified atom stereocenters. The van der Waals surface area contributed by atoms with Crippen LogP contribution in [0.4, 0.5) is 5.69 Å². The Hall–Kier alpha value is -2.45. The van der Waals surface area contributed by atoms with Crippen LogP contribution >= 0.6 is 15.9 Å². The topological polar surface area (TPSA) is 61.6 Å². The lowest BCUT2D eigenvalue weighted by molar-refractivity contribution is 1.04. The lowest BCUT2D eigenvalue weighted by Gasteiger charge is -2.11. The van der Waals surface area contributed by atoms with Crippen molar-refractivity contribution in [3.63, 3.8) is 0 Å². The van der Waals surface area contributed by atoms with E-state index in [4.69, 9.17) is 0 Å². The van der Waals surface area contributed by atoms with E-state index in [2.05, 4.69) is 37.5 Å². The van der Waals surface area contributed by atoms with Crippen LogP contribution in [-0.2, 0) is 6.54 Å². The quantitative estimate of drug-likeness (QED) is 0.787.